The maximum atomic E-state index is 14.1. The van der Waals surface area contributed by atoms with Gasteiger partial charge in [0.05, 0.1) is 37.8 Å². The molecule has 0 bridgehead atoms. The third kappa shape index (κ3) is 3.49. The van der Waals surface area contributed by atoms with Crippen LogP contribution in [0.1, 0.15) is 10.7 Å². The van der Waals surface area contributed by atoms with Crippen molar-refractivity contribution in [2.24, 2.45) is 0 Å². The van der Waals surface area contributed by atoms with Crippen molar-refractivity contribution in [3.05, 3.63) is 46.2 Å². The summed E-state index contributed by atoms with van der Waals surface area (Å²) in [5, 5.41) is 5.85. The Bertz CT molecular complexity index is 962. The van der Waals surface area contributed by atoms with Gasteiger partial charge in [-0.15, -0.1) is 11.3 Å². The maximum absolute atomic E-state index is 14.1. The lowest BCUT2D eigenvalue weighted by molar-refractivity contribution is -0.141. The summed E-state index contributed by atoms with van der Waals surface area (Å²) in [6.45, 7) is 1.73. The summed E-state index contributed by atoms with van der Waals surface area (Å²) in [5.41, 5.74) is -0.602. The van der Waals surface area contributed by atoms with Crippen molar-refractivity contribution in [1.82, 2.24) is 14.8 Å². The molecule has 0 fully saturated rings. The second-order valence-electron chi connectivity index (χ2n) is 5.14. The SMILES string of the molecule is Cc1nc(-c2cc(C(F)(F)F)nn2-c2ccc(S(C)=O)c(F)c2)cs1. The molecule has 1 unspecified atom stereocenters. The number of nitrogens with zero attached hydrogens (tertiary/aromatic N) is 3. The molecule has 3 aromatic rings. The summed E-state index contributed by atoms with van der Waals surface area (Å²) in [4.78, 5) is 4.15. The van der Waals surface area contributed by atoms with Crippen LogP contribution in [0.25, 0.3) is 17.1 Å². The van der Waals surface area contributed by atoms with Crippen LogP contribution in [0.2, 0.25) is 0 Å². The molecule has 132 valence electrons. The molecule has 25 heavy (non-hydrogen) atoms. The van der Waals surface area contributed by atoms with Crippen molar-refractivity contribution >= 4 is 22.1 Å². The Morgan fingerprint density at radius 2 is 1.96 bits per heavy atom. The van der Waals surface area contributed by atoms with Crippen molar-refractivity contribution in [1.29, 1.82) is 0 Å². The molecule has 0 spiro atoms. The van der Waals surface area contributed by atoms with Crippen molar-refractivity contribution in [2.75, 3.05) is 6.26 Å². The second-order valence-corrected chi connectivity index (χ2v) is 7.56. The smallest absolute Gasteiger partial charge is 0.255 e. The quantitative estimate of drug-likeness (QED) is 0.631. The topological polar surface area (TPSA) is 47.8 Å². The number of hydrogen-bond donors (Lipinski definition) is 0. The van der Waals surface area contributed by atoms with E-state index in [9.17, 15) is 21.8 Å². The Kier molecular flexibility index (Phi) is 4.50. The van der Waals surface area contributed by atoms with Crippen LogP contribution >= 0.6 is 11.3 Å². The number of alkyl halides is 3. The first-order valence-electron chi connectivity index (χ1n) is 6.90. The van der Waals surface area contributed by atoms with Crippen molar-refractivity contribution in [3.8, 4) is 17.1 Å². The third-order valence-electron chi connectivity index (χ3n) is 3.35. The number of benzene rings is 1. The maximum Gasteiger partial charge on any atom is 0.435 e. The number of halogens is 4. The van der Waals surface area contributed by atoms with Crippen LogP contribution < -0.4 is 0 Å². The summed E-state index contributed by atoms with van der Waals surface area (Å²) in [6, 6.07) is 4.52. The predicted molar refractivity (Wildman–Crippen MR) is 86.7 cm³/mol. The molecule has 0 N–H and O–H groups in total. The lowest BCUT2D eigenvalue weighted by atomic mass is 10.2. The van der Waals surface area contributed by atoms with E-state index in [0.717, 1.165) is 16.8 Å². The first kappa shape index (κ1) is 17.7. The van der Waals surface area contributed by atoms with Crippen LogP contribution in [0.4, 0.5) is 17.6 Å². The number of aryl methyl sites for hydroxylation is 1. The van der Waals surface area contributed by atoms with Gasteiger partial charge < -0.3 is 0 Å². The molecule has 1 atom stereocenters. The Labute approximate surface area is 146 Å². The van der Waals surface area contributed by atoms with Crippen LogP contribution in [-0.4, -0.2) is 25.2 Å². The van der Waals surface area contributed by atoms with Gasteiger partial charge >= 0.3 is 6.18 Å². The van der Waals surface area contributed by atoms with Gasteiger partial charge in [-0.3, -0.25) is 4.21 Å². The Morgan fingerprint density at radius 3 is 2.48 bits per heavy atom. The van der Waals surface area contributed by atoms with E-state index in [1.165, 1.54) is 29.7 Å². The first-order chi connectivity index (χ1) is 11.7. The highest BCUT2D eigenvalue weighted by atomic mass is 32.2. The summed E-state index contributed by atoms with van der Waals surface area (Å²) in [5.74, 6) is -0.775. The molecule has 0 radical (unpaired) electrons. The van der Waals surface area contributed by atoms with E-state index < -0.39 is 28.5 Å². The third-order valence-corrected chi connectivity index (χ3v) is 5.07. The Balaban J connectivity index is 2.19. The van der Waals surface area contributed by atoms with Crippen molar-refractivity contribution in [3.63, 3.8) is 0 Å². The molecule has 1 aromatic carbocycles. The summed E-state index contributed by atoms with van der Waals surface area (Å²) in [6.07, 6.45) is -3.33. The number of hydrogen-bond acceptors (Lipinski definition) is 4. The van der Waals surface area contributed by atoms with Gasteiger partial charge in [-0.2, -0.15) is 18.3 Å². The monoisotopic (exact) mass is 389 g/mol. The van der Waals surface area contributed by atoms with Crippen LogP contribution in [-0.2, 0) is 17.0 Å². The van der Waals surface area contributed by atoms with E-state index in [0.29, 0.717) is 10.7 Å². The molecular formula is C15H11F4N3OS2. The molecule has 0 aliphatic rings. The number of rotatable bonds is 3. The zero-order valence-corrected chi connectivity index (χ0v) is 14.6. The zero-order valence-electron chi connectivity index (χ0n) is 13.0. The van der Waals surface area contributed by atoms with Crippen LogP contribution in [0, 0.1) is 12.7 Å². The van der Waals surface area contributed by atoms with Crippen molar-refractivity contribution < 1.29 is 21.8 Å². The lowest BCUT2D eigenvalue weighted by Crippen LogP contribution is -2.08. The van der Waals surface area contributed by atoms with Crippen molar-refractivity contribution in [2.45, 2.75) is 18.0 Å². The second kappa shape index (κ2) is 6.34. The number of aromatic nitrogens is 3. The van der Waals surface area contributed by atoms with Gasteiger partial charge in [0.25, 0.3) is 0 Å². The van der Waals surface area contributed by atoms with Gasteiger partial charge in [0.15, 0.2) is 5.69 Å². The molecule has 3 rings (SSSR count). The van der Waals surface area contributed by atoms with E-state index in [4.69, 9.17) is 0 Å². The minimum Gasteiger partial charge on any atom is -0.255 e. The average Bonchev–Trinajstić information content (AvgIpc) is 3.12. The minimum atomic E-state index is -4.64. The predicted octanol–water partition coefficient (Wildman–Crippen LogP) is 4.20. The average molecular weight is 389 g/mol. The highest BCUT2D eigenvalue weighted by Crippen LogP contribution is 2.33. The van der Waals surface area contributed by atoms with Crippen LogP contribution in [0.5, 0.6) is 0 Å². The molecule has 0 aliphatic carbocycles. The minimum absolute atomic E-state index is 0.0296. The summed E-state index contributed by atoms with van der Waals surface area (Å²) in [7, 11) is -1.55. The molecular weight excluding hydrogens is 378 g/mol. The first-order valence-corrected chi connectivity index (χ1v) is 9.33. The Hall–Kier alpha value is -2.07. The van der Waals surface area contributed by atoms with Crippen LogP contribution in [0.3, 0.4) is 0 Å². The van der Waals surface area contributed by atoms with Gasteiger partial charge in [-0.25, -0.2) is 14.1 Å². The lowest BCUT2D eigenvalue weighted by Gasteiger charge is -2.08. The van der Waals surface area contributed by atoms with Gasteiger partial charge in [-0.05, 0) is 25.1 Å². The highest BCUT2D eigenvalue weighted by molar-refractivity contribution is 7.84. The van der Waals surface area contributed by atoms with Gasteiger partial charge in [-0.1, -0.05) is 0 Å². The largest absolute Gasteiger partial charge is 0.435 e. The molecule has 0 saturated heterocycles. The fourth-order valence-electron chi connectivity index (χ4n) is 2.23. The molecule has 0 aliphatic heterocycles. The molecule has 4 nitrogen and oxygen atoms in total. The fourth-order valence-corrected chi connectivity index (χ4v) is 3.43. The van der Waals surface area contributed by atoms with E-state index in [2.05, 4.69) is 10.1 Å². The molecule has 0 saturated carbocycles. The molecule has 10 heteroatoms. The van der Waals surface area contributed by atoms with Gasteiger partial charge in [0.2, 0.25) is 0 Å². The molecule has 2 heterocycles. The molecule has 0 amide bonds. The van der Waals surface area contributed by atoms with Gasteiger partial charge in [0.1, 0.15) is 5.82 Å². The van der Waals surface area contributed by atoms with Gasteiger partial charge in [0, 0.05) is 17.7 Å². The standard InChI is InChI=1S/C15H11F4N3OS2/c1-8-20-11(7-24-8)12-6-14(15(17,18)19)21-22(12)9-3-4-13(25(2)23)10(16)5-9/h3-7H,1-2H3. The molecule has 2 aromatic heterocycles. The van der Waals surface area contributed by atoms with E-state index in [1.807, 2.05) is 0 Å². The normalized spacial score (nSPS) is 13.2. The Morgan fingerprint density at radius 1 is 1.24 bits per heavy atom. The van der Waals surface area contributed by atoms with E-state index in [1.54, 1.807) is 12.3 Å². The fraction of sp³-hybridized carbons (Fsp3) is 0.200. The summed E-state index contributed by atoms with van der Waals surface area (Å²) < 4.78 is 65.7. The zero-order chi connectivity index (χ0) is 18.4. The van der Waals surface area contributed by atoms with Crippen LogP contribution in [0.15, 0.2) is 34.5 Å². The number of thiazole rings is 1. The van der Waals surface area contributed by atoms with E-state index in [-0.39, 0.29) is 16.3 Å². The highest BCUT2D eigenvalue weighted by Gasteiger charge is 2.35. The van der Waals surface area contributed by atoms with E-state index >= 15 is 0 Å². The summed E-state index contributed by atoms with van der Waals surface area (Å²) >= 11 is 1.28.